The number of nitro benzene ring substituents is 1. The number of ether oxygens (including phenoxy) is 2. The van der Waals surface area contributed by atoms with Crippen LogP contribution < -0.4 is 14.8 Å². The fourth-order valence-electron chi connectivity index (χ4n) is 2.17. The van der Waals surface area contributed by atoms with E-state index in [-0.39, 0.29) is 23.1 Å². The van der Waals surface area contributed by atoms with Crippen LogP contribution >= 0.6 is 11.6 Å². The van der Waals surface area contributed by atoms with Crippen LogP contribution in [0, 0.1) is 10.1 Å². The number of nitrogens with zero attached hydrogens (tertiary/aromatic N) is 1. The van der Waals surface area contributed by atoms with E-state index >= 15 is 0 Å². The number of hydrogen-bond acceptors (Lipinski definition) is 6. The average molecular weight is 337 g/mol. The van der Waals surface area contributed by atoms with Crippen LogP contribution in [0.25, 0.3) is 0 Å². The minimum Gasteiger partial charge on any atom is -0.478 e. The van der Waals surface area contributed by atoms with Gasteiger partial charge in [0.15, 0.2) is 11.5 Å². The fraction of sp³-hybridized carbons (Fsp3) is 0.0714. The molecule has 0 radical (unpaired) electrons. The molecule has 0 bridgehead atoms. The third-order valence-corrected chi connectivity index (χ3v) is 3.50. The lowest BCUT2D eigenvalue weighted by molar-refractivity contribution is -0.383. The van der Waals surface area contributed by atoms with Gasteiger partial charge in [0.1, 0.15) is 11.3 Å². The molecule has 0 spiro atoms. The number of carboxylic acid groups (broad SMARTS) is 1. The largest absolute Gasteiger partial charge is 0.478 e. The maximum atomic E-state index is 11.4. The maximum Gasteiger partial charge on any atom is 0.339 e. The van der Waals surface area contributed by atoms with Gasteiger partial charge < -0.3 is 19.9 Å². The number of benzene rings is 2. The van der Waals surface area contributed by atoms with E-state index in [2.05, 4.69) is 5.32 Å². The Kier molecular flexibility index (Phi) is 3.67. The Balaban J connectivity index is 2.09. The summed E-state index contributed by atoms with van der Waals surface area (Å²) in [4.78, 5) is 21.9. The van der Waals surface area contributed by atoms with E-state index in [9.17, 15) is 20.0 Å². The Hall–Kier alpha value is -3.00. The number of anilines is 2. The van der Waals surface area contributed by atoms with E-state index < -0.39 is 16.6 Å². The van der Waals surface area contributed by atoms with Crippen molar-refractivity contribution in [3.05, 3.63) is 51.0 Å². The molecule has 1 aliphatic rings. The van der Waals surface area contributed by atoms with Gasteiger partial charge in [-0.2, -0.15) is 0 Å². The summed E-state index contributed by atoms with van der Waals surface area (Å²) < 4.78 is 10.4. The molecule has 0 aromatic heterocycles. The zero-order valence-electron chi connectivity index (χ0n) is 11.4. The van der Waals surface area contributed by atoms with Crippen molar-refractivity contribution in [3.8, 4) is 11.5 Å². The average Bonchev–Trinajstić information content (AvgIpc) is 2.94. The van der Waals surface area contributed by atoms with Crippen molar-refractivity contribution in [3.63, 3.8) is 0 Å². The van der Waals surface area contributed by atoms with E-state index in [0.717, 1.165) is 6.07 Å². The standard InChI is InChI=1S/C14H9ClN2O6/c15-8-2-3-9(17(20)21)13(12(8)14(18)19)16-7-1-4-10-11(5-7)23-6-22-10/h1-5,16H,6H2,(H,18,19). The van der Waals surface area contributed by atoms with E-state index in [1.807, 2.05) is 0 Å². The van der Waals surface area contributed by atoms with Gasteiger partial charge in [0.05, 0.1) is 9.95 Å². The van der Waals surface area contributed by atoms with Crippen molar-refractivity contribution in [1.82, 2.24) is 0 Å². The van der Waals surface area contributed by atoms with Crippen molar-refractivity contribution < 1.29 is 24.3 Å². The Labute approximate surface area is 134 Å². The maximum absolute atomic E-state index is 11.4. The molecule has 23 heavy (non-hydrogen) atoms. The highest BCUT2D eigenvalue weighted by atomic mass is 35.5. The summed E-state index contributed by atoms with van der Waals surface area (Å²) in [5.74, 6) is -0.381. The van der Waals surface area contributed by atoms with Gasteiger partial charge in [0, 0.05) is 17.8 Å². The van der Waals surface area contributed by atoms with E-state index in [1.165, 1.54) is 6.07 Å². The van der Waals surface area contributed by atoms with Crippen molar-refractivity contribution in [2.24, 2.45) is 0 Å². The summed E-state index contributed by atoms with van der Waals surface area (Å²) in [5.41, 5.74) is -0.570. The highest BCUT2D eigenvalue weighted by Gasteiger charge is 2.25. The van der Waals surface area contributed by atoms with E-state index in [4.69, 9.17) is 21.1 Å². The highest BCUT2D eigenvalue weighted by molar-refractivity contribution is 6.34. The van der Waals surface area contributed by atoms with Crippen LogP contribution in [0.15, 0.2) is 30.3 Å². The van der Waals surface area contributed by atoms with Crippen molar-refractivity contribution in [1.29, 1.82) is 0 Å². The molecule has 0 saturated heterocycles. The molecule has 9 heteroatoms. The number of rotatable bonds is 4. The smallest absolute Gasteiger partial charge is 0.339 e. The normalized spacial score (nSPS) is 12.0. The molecule has 0 saturated carbocycles. The lowest BCUT2D eigenvalue weighted by Gasteiger charge is -2.12. The van der Waals surface area contributed by atoms with E-state index in [0.29, 0.717) is 17.2 Å². The Morgan fingerprint density at radius 2 is 2.00 bits per heavy atom. The zero-order valence-corrected chi connectivity index (χ0v) is 12.2. The number of hydrogen-bond donors (Lipinski definition) is 2. The first-order valence-electron chi connectivity index (χ1n) is 6.34. The first-order valence-corrected chi connectivity index (χ1v) is 6.72. The van der Waals surface area contributed by atoms with Gasteiger partial charge in [-0.15, -0.1) is 0 Å². The molecule has 0 unspecified atom stereocenters. The van der Waals surface area contributed by atoms with Crippen LogP contribution in [0.3, 0.4) is 0 Å². The molecule has 0 aliphatic carbocycles. The summed E-state index contributed by atoms with van der Waals surface area (Å²) in [7, 11) is 0. The molecule has 2 N–H and O–H groups in total. The number of carboxylic acids is 1. The van der Waals surface area contributed by atoms with Gasteiger partial charge >= 0.3 is 5.97 Å². The summed E-state index contributed by atoms with van der Waals surface area (Å²) in [6.07, 6.45) is 0. The highest BCUT2D eigenvalue weighted by Crippen LogP contribution is 2.39. The number of fused-ring (bicyclic) bond motifs is 1. The Morgan fingerprint density at radius 3 is 2.70 bits per heavy atom. The molecule has 118 valence electrons. The first-order chi connectivity index (χ1) is 11.0. The summed E-state index contributed by atoms with van der Waals surface area (Å²) >= 11 is 5.87. The third kappa shape index (κ3) is 2.71. The second-order valence-electron chi connectivity index (χ2n) is 4.57. The lowest BCUT2D eigenvalue weighted by atomic mass is 10.1. The predicted molar refractivity (Wildman–Crippen MR) is 80.9 cm³/mol. The molecule has 2 aromatic rings. The predicted octanol–water partition coefficient (Wildman–Crippen LogP) is 3.42. The second-order valence-corrected chi connectivity index (χ2v) is 4.98. The topological polar surface area (TPSA) is 111 Å². The summed E-state index contributed by atoms with van der Waals surface area (Å²) in [6, 6.07) is 7.07. The van der Waals surface area contributed by atoms with Gasteiger partial charge in [0.2, 0.25) is 6.79 Å². The Bertz CT molecular complexity index is 823. The second kappa shape index (κ2) is 5.65. The summed E-state index contributed by atoms with van der Waals surface area (Å²) in [6.45, 7) is 0.0798. The van der Waals surface area contributed by atoms with Crippen LogP contribution in [0.1, 0.15) is 10.4 Å². The van der Waals surface area contributed by atoms with Gasteiger partial charge in [-0.1, -0.05) is 11.6 Å². The minimum atomic E-state index is -1.37. The quantitative estimate of drug-likeness (QED) is 0.650. The van der Waals surface area contributed by atoms with Crippen LogP contribution in [0.4, 0.5) is 17.1 Å². The number of aromatic carboxylic acids is 1. The van der Waals surface area contributed by atoms with Crippen molar-refractivity contribution in [2.75, 3.05) is 12.1 Å². The van der Waals surface area contributed by atoms with Gasteiger partial charge in [-0.05, 0) is 18.2 Å². The zero-order chi connectivity index (χ0) is 16.6. The Morgan fingerprint density at radius 1 is 1.26 bits per heavy atom. The molecule has 3 rings (SSSR count). The molecule has 0 fully saturated rings. The number of halogens is 1. The molecule has 0 atom stereocenters. The summed E-state index contributed by atoms with van der Waals surface area (Å²) in [5, 5.41) is 23.1. The van der Waals surface area contributed by atoms with Crippen molar-refractivity contribution in [2.45, 2.75) is 0 Å². The number of carbonyl (C=O) groups is 1. The molecule has 8 nitrogen and oxygen atoms in total. The van der Waals surface area contributed by atoms with Gasteiger partial charge in [-0.3, -0.25) is 10.1 Å². The minimum absolute atomic E-state index is 0.0798. The SMILES string of the molecule is O=C(O)c1c(Cl)ccc([N+](=O)[O-])c1Nc1ccc2c(c1)OCO2. The molecule has 1 aliphatic heterocycles. The molecular formula is C14H9ClN2O6. The van der Waals surface area contributed by atoms with Gasteiger partial charge in [-0.25, -0.2) is 4.79 Å². The number of nitrogens with one attached hydrogen (secondary N) is 1. The van der Waals surface area contributed by atoms with Crippen molar-refractivity contribution >= 4 is 34.6 Å². The molecular weight excluding hydrogens is 328 g/mol. The number of nitro groups is 1. The van der Waals surface area contributed by atoms with Gasteiger partial charge in [0.25, 0.3) is 5.69 Å². The first kappa shape index (κ1) is 14.9. The van der Waals surface area contributed by atoms with Crippen LogP contribution in [0.5, 0.6) is 11.5 Å². The molecule has 2 aromatic carbocycles. The molecule has 0 amide bonds. The van der Waals surface area contributed by atoms with Crippen LogP contribution in [0.2, 0.25) is 5.02 Å². The monoisotopic (exact) mass is 336 g/mol. The fourth-order valence-corrected chi connectivity index (χ4v) is 2.41. The third-order valence-electron chi connectivity index (χ3n) is 3.18. The van der Waals surface area contributed by atoms with E-state index in [1.54, 1.807) is 18.2 Å². The molecule has 1 heterocycles. The van der Waals surface area contributed by atoms with Crippen LogP contribution in [-0.4, -0.2) is 22.8 Å². The van der Waals surface area contributed by atoms with Crippen LogP contribution in [-0.2, 0) is 0 Å². The lowest BCUT2D eigenvalue weighted by Crippen LogP contribution is -2.07.